The predicted octanol–water partition coefficient (Wildman–Crippen LogP) is 3.07. The fourth-order valence-electron chi connectivity index (χ4n) is 1.79. The van der Waals surface area contributed by atoms with Crippen LogP contribution in [-0.4, -0.2) is 20.3 Å². The molecular weight excluding hydrogens is 292 g/mol. The van der Waals surface area contributed by atoms with E-state index in [-0.39, 0.29) is 6.61 Å². The number of hydrogen-bond acceptors (Lipinski definition) is 6. The third-order valence-corrected chi connectivity index (χ3v) is 3.07. The molecule has 3 heterocycles. The SMILES string of the molecule is Cc1onc(-c2ccccn2)c1COc1ccc(Cl)nn1. The van der Waals surface area contributed by atoms with Crippen molar-refractivity contribution in [2.75, 3.05) is 0 Å². The molecule has 0 N–H and O–H groups in total. The zero-order valence-corrected chi connectivity index (χ0v) is 11.9. The lowest BCUT2D eigenvalue weighted by Crippen LogP contribution is -2.00. The predicted molar refractivity (Wildman–Crippen MR) is 75.8 cm³/mol. The summed E-state index contributed by atoms with van der Waals surface area (Å²) in [7, 11) is 0. The maximum absolute atomic E-state index is 5.68. The summed E-state index contributed by atoms with van der Waals surface area (Å²) in [4.78, 5) is 4.27. The fourth-order valence-corrected chi connectivity index (χ4v) is 1.89. The van der Waals surface area contributed by atoms with Crippen LogP contribution < -0.4 is 4.74 Å². The first-order chi connectivity index (χ1) is 10.2. The zero-order chi connectivity index (χ0) is 14.7. The van der Waals surface area contributed by atoms with Crippen molar-refractivity contribution in [1.29, 1.82) is 0 Å². The molecule has 0 fully saturated rings. The van der Waals surface area contributed by atoms with Crippen LogP contribution in [0.4, 0.5) is 0 Å². The maximum atomic E-state index is 5.68. The third-order valence-electron chi connectivity index (χ3n) is 2.86. The Hall–Kier alpha value is -2.47. The van der Waals surface area contributed by atoms with Gasteiger partial charge >= 0.3 is 0 Å². The summed E-state index contributed by atoms with van der Waals surface area (Å²) < 4.78 is 10.8. The minimum atomic E-state index is 0.261. The highest BCUT2D eigenvalue weighted by Gasteiger charge is 2.16. The van der Waals surface area contributed by atoms with Crippen LogP contribution in [0.2, 0.25) is 5.15 Å². The Morgan fingerprint density at radius 3 is 2.81 bits per heavy atom. The summed E-state index contributed by atoms with van der Waals surface area (Å²) >= 11 is 5.68. The lowest BCUT2D eigenvalue weighted by Gasteiger charge is -2.05. The molecule has 21 heavy (non-hydrogen) atoms. The second-order valence-electron chi connectivity index (χ2n) is 4.26. The van der Waals surface area contributed by atoms with Gasteiger partial charge in [0.1, 0.15) is 18.1 Å². The molecule has 0 aromatic carbocycles. The number of hydrogen-bond donors (Lipinski definition) is 0. The summed E-state index contributed by atoms with van der Waals surface area (Å²) in [5, 5.41) is 11.9. The van der Waals surface area contributed by atoms with E-state index in [0.29, 0.717) is 22.5 Å². The molecule has 0 aliphatic carbocycles. The quantitative estimate of drug-likeness (QED) is 0.737. The van der Waals surface area contributed by atoms with Crippen LogP contribution in [0, 0.1) is 6.92 Å². The van der Waals surface area contributed by atoms with Crippen LogP contribution in [0.25, 0.3) is 11.4 Å². The molecule has 6 nitrogen and oxygen atoms in total. The lowest BCUT2D eigenvalue weighted by molar-refractivity contribution is 0.287. The molecule has 0 bridgehead atoms. The average molecular weight is 303 g/mol. The van der Waals surface area contributed by atoms with E-state index in [1.54, 1.807) is 18.3 Å². The van der Waals surface area contributed by atoms with Crippen LogP contribution in [0.15, 0.2) is 41.1 Å². The molecule has 7 heteroatoms. The van der Waals surface area contributed by atoms with Crippen molar-refractivity contribution >= 4 is 11.6 Å². The topological polar surface area (TPSA) is 73.9 Å². The van der Waals surface area contributed by atoms with Gasteiger partial charge in [-0.3, -0.25) is 4.98 Å². The first kappa shape index (κ1) is 13.5. The standard InChI is InChI=1S/C14H11ClN4O2/c1-9-10(8-20-13-6-5-12(15)17-18-13)14(19-21-9)11-4-2-3-7-16-11/h2-7H,8H2,1H3. The summed E-state index contributed by atoms with van der Waals surface area (Å²) in [5.41, 5.74) is 2.22. The molecule has 0 radical (unpaired) electrons. The van der Waals surface area contributed by atoms with Gasteiger partial charge < -0.3 is 9.26 Å². The van der Waals surface area contributed by atoms with Crippen LogP contribution in [0.3, 0.4) is 0 Å². The normalized spacial score (nSPS) is 10.6. The highest BCUT2D eigenvalue weighted by Crippen LogP contribution is 2.24. The van der Waals surface area contributed by atoms with E-state index in [2.05, 4.69) is 20.3 Å². The molecule has 0 atom stereocenters. The van der Waals surface area contributed by atoms with Gasteiger partial charge in [0.05, 0.1) is 11.3 Å². The van der Waals surface area contributed by atoms with Gasteiger partial charge in [-0.25, -0.2) is 0 Å². The molecule has 106 valence electrons. The molecule has 0 aliphatic heterocycles. The minimum absolute atomic E-state index is 0.261. The molecule has 0 amide bonds. The van der Waals surface area contributed by atoms with Crippen molar-refractivity contribution in [3.05, 3.63) is 53.0 Å². The molecule has 0 unspecified atom stereocenters. The average Bonchev–Trinajstić information content (AvgIpc) is 2.89. The van der Waals surface area contributed by atoms with E-state index >= 15 is 0 Å². The van der Waals surface area contributed by atoms with Crippen molar-refractivity contribution in [1.82, 2.24) is 20.3 Å². The number of nitrogens with zero attached hydrogens (tertiary/aromatic N) is 4. The number of aryl methyl sites for hydroxylation is 1. The molecule has 3 rings (SSSR count). The molecule has 0 aliphatic rings. The Labute approximate surface area is 125 Å². The summed E-state index contributed by atoms with van der Waals surface area (Å²) in [5.74, 6) is 1.06. The van der Waals surface area contributed by atoms with Gasteiger partial charge in [0.25, 0.3) is 0 Å². The number of aromatic nitrogens is 4. The molecule has 0 saturated carbocycles. The van der Waals surface area contributed by atoms with Crippen LogP contribution in [0.5, 0.6) is 5.88 Å². The summed E-state index contributed by atoms with van der Waals surface area (Å²) in [6.07, 6.45) is 1.70. The van der Waals surface area contributed by atoms with Crippen molar-refractivity contribution in [3.63, 3.8) is 0 Å². The van der Waals surface area contributed by atoms with Crippen molar-refractivity contribution in [3.8, 4) is 17.3 Å². The Morgan fingerprint density at radius 2 is 2.10 bits per heavy atom. The second-order valence-corrected chi connectivity index (χ2v) is 4.65. The first-order valence-corrected chi connectivity index (χ1v) is 6.60. The molecular formula is C14H11ClN4O2. The van der Waals surface area contributed by atoms with Crippen molar-refractivity contribution in [2.24, 2.45) is 0 Å². The molecule has 3 aromatic heterocycles. The van der Waals surface area contributed by atoms with Crippen LogP contribution in [-0.2, 0) is 6.61 Å². The van der Waals surface area contributed by atoms with E-state index in [0.717, 1.165) is 11.3 Å². The van der Waals surface area contributed by atoms with Gasteiger partial charge in [0.2, 0.25) is 5.88 Å². The van der Waals surface area contributed by atoms with Crippen molar-refractivity contribution < 1.29 is 9.26 Å². The van der Waals surface area contributed by atoms with E-state index < -0.39 is 0 Å². The van der Waals surface area contributed by atoms with E-state index in [9.17, 15) is 0 Å². The molecule has 0 saturated heterocycles. The van der Waals surface area contributed by atoms with Crippen LogP contribution >= 0.6 is 11.6 Å². The monoisotopic (exact) mass is 302 g/mol. The van der Waals surface area contributed by atoms with E-state index in [1.165, 1.54) is 0 Å². The Kier molecular flexibility index (Phi) is 3.79. The van der Waals surface area contributed by atoms with Gasteiger partial charge in [0, 0.05) is 12.3 Å². The Morgan fingerprint density at radius 1 is 1.19 bits per heavy atom. The third kappa shape index (κ3) is 3.00. The fraction of sp³-hybridized carbons (Fsp3) is 0.143. The molecule has 3 aromatic rings. The summed E-state index contributed by atoms with van der Waals surface area (Å²) in [6.45, 7) is 2.09. The zero-order valence-electron chi connectivity index (χ0n) is 11.2. The Bertz CT molecular complexity index is 728. The maximum Gasteiger partial charge on any atom is 0.233 e. The second kappa shape index (κ2) is 5.88. The lowest BCUT2D eigenvalue weighted by atomic mass is 10.1. The Balaban J connectivity index is 1.82. The van der Waals surface area contributed by atoms with Gasteiger partial charge in [-0.05, 0) is 25.1 Å². The number of rotatable bonds is 4. The highest BCUT2D eigenvalue weighted by molar-refractivity contribution is 6.29. The number of ether oxygens (including phenoxy) is 1. The molecule has 0 spiro atoms. The minimum Gasteiger partial charge on any atom is -0.472 e. The largest absolute Gasteiger partial charge is 0.472 e. The highest BCUT2D eigenvalue weighted by atomic mass is 35.5. The van der Waals surface area contributed by atoms with Gasteiger partial charge in [-0.15, -0.1) is 10.2 Å². The van der Waals surface area contributed by atoms with Gasteiger partial charge in [-0.1, -0.05) is 22.8 Å². The van der Waals surface area contributed by atoms with E-state index in [1.807, 2.05) is 25.1 Å². The summed E-state index contributed by atoms with van der Waals surface area (Å²) in [6, 6.07) is 8.86. The number of pyridine rings is 1. The van der Waals surface area contributed by atoms with Crippen molar-refractivity contribution in [2.45, 2.75) is 13.5 Å². The number of halogens is 1. The van der Waals surface area contributed by atoms with Crippen LogP contribution in [0.1, 0.15) is 11.3 Å². The smallest absolute Gasteiger partial charge is 0.233 e. The van der Waals surface area contributed by atoms with E-state index in [4.69, 9.17) is 20.9 Å². The first-order valence-electron chi connectivity index (χ1n) is 6.22. The van der Waals surface area contributed by atoms with Gasteiger partial charge in [-0.2, -0.15) is 0 Å². The van der Waals surface area contributed by atoms with Gasteiger partial charge in [0.15, 0.2) is 5.15 Å².